The van der Waals surface area contributed by atoms with E-state index >= 15 is 0 Å². The topological polar surface area (TPSA) is 75.9 Å². The Morgan fingerprint density at radius 1 is 1.06 bits per heavy atom. The number of hydrogen-bond donors (Lipinski definition) is 0. The summed E-state index contributed by atoms with van der Waals surface area (Å²) in [5, 5.41) is 4.64. The van der Waals surface area contributed by atoms with Crippen LogP contribution in [0.1, 0.15) is 11.3 Å². The van der Waals surface area contributed by atoms with Crippen LogP contribution in [0.3, 0.4) is 0 Å². The molecule has 2 aromatic carbocycles. The highest BCUT2D eigenvalue weighted by molar-refractivity contribution is 7.89. The first-order valence-electron chi connectivity index (χ1n) is 9.93. The Balaban J connectivity index is 1.61. The quantitative estimate of drug-likeness (QED) is 0.568. The van der Waals surface area contributed by atoms with Crippen LogP contribution in [0, 0.1) is 13.8 Å². The maximum atomic E-state index is 13.5. The van der Waals surface area contributed by atoms with Crippen molar-refractivity contribution in [1.29, 1.82) is 0 Å². The lowest BCUT2D eigenvalue weighted by atomic mass is 10.1. The summed E-state index contributed by atoms with van der Waals surface area (Å²) in [7, 11) is -2.29. The maximum absolute atomic E-state index is 13.5. The van der Waals surface area contributed by atoms with Crippen LogP contribution in [0.5, 0.6) is 5.75 Å². The number of methoxy groups -OCH3 is 1. The largest absolute Gasteiger partial charge is 0.495 e. The van der Waals surface area contributed by atoms with E-state index in [-0.39, 0.29) is 4.90 Å². The number of benzene rings is 2. The molecule has 0 radical (unpaired) electrons. The second kappa shape index (κ2) is 8.53. The number of rotatable bonds is 5. The van der Waals surface area contributed by atoms with Crippen LogP contribution in [0.25, 0.3) is 11.3 Å². The molecule has 2 heterocycles. The molecule has 0 atom stereocenters. The molecule has 0 unspecified atom stereocenters. The van der Waals surface area contributed by atoms with Gasteiger partial charge in [-0.2, -0.15) is 4.31 Å². The lowest BCUT2D eigenvalue weighted by molar-refractivity contribution is 0.374. The van der Waals surface area contributed by atoms with Crippen LogP contribution in [0.2, 0.25) is 5.02 Å². The molecular formula is C22H24ClN3O4S. The maximum Gasteiger partial charge on any atom is 0.246 e. The fourth-order valence-corrected chi connectivity index (χ4v) is 5.49. The Hall–Kier alpha value is -2.55. The molecule has 164 valence electrons. The summed E-state index contributed by atoms with van der Waals surface area (Å²) in [4.78, 5) is 2.25. The number of sulfonamides is 1. The van der Waals surface area contributed by atoms with Gasteiger partial charge in [-0.05, 0) is 50.2 Å². The molecule has 1 aliphatic rings. The highest BCUT2D eigenvalue weighted by Crippen LogP contribution is 2.34. The molecule has 3 aromatic rings. The van der Waals surface area contributed by atoms with Crippen molar-refractivity contribution in [3.05, 3.63) is 58.7 Å². The van der Waals surface area contributed by atoms with E-state index in [1.54, 1.807) is 18.2 Å². The third-order valence-corrected chi connectivity index (χ3v) is 7.77. The van der Waals surface area contributed by atoms with Crippen LogP contribution in [-0.2, 0) is 10.0 Å². The van der Waals surface area contributed by atoms with Crippen LogP contribution >= 0.6 is 11.6 Å². The van der Waals surface area contributed by atoms with Crippen LogP contribution in [0.4, 0.5) is 5.69 Å². The Labute approximate surface area is 187 Å². The number of nitrogens with zero attached hydrogens (tertiary/aromatic N) is 3. The molecule has 31 heavy (non-hydrogen) atoms. The lowest BCUT2D eigenvalue weighted by Crippen LogP contribution is -2.48. The van der Waals surface area contributed by atoms with Crippen molar-refractivity contribution in [2.24, 2.45) is 0 Å². The normalized spacial score (nSPS) is 15.3. The number of ether oxygens (including phenoxy) is 1. The van der Waals surface area contributed by atoms with Gasteiger partial charge in [-0.15, -0.1) is 0 Å². The predicted molar refractivity (Wildman–Crippen MR) is 120 cm³/mol. The molecule has 7 nitrogen and oxygen atoms in total. The summed E-state index contributed by atoms with van der Waals surface area (Å²) in [5.41, 5.74) is 3.28. The molecule has 1 aliphatic heterocycles. The first-order valence-corrected chi connectivity index (χ1v) is 11.7. The Bertz CT molecular complexity index is 1200. The molecule has 1 aromatic heterocycles. The second-order valence-corrected chi connectivity index (χ2v) is 9.80. The van der Waals surface area contributed by atoms with E-state index in [1.807, 2.05) is 38.1 Å². The third-order valence-electron chi connectivity index (χ3n) is 5.61. The van der Waals surface area contributed by atoms with Crippen LogP contribution in [-0.4, -0.2) is 51.2 Å². The molecule has 0 saturated carbocycles. The molecule has 0 N–H and O–H groups in total. The van der Waals surface area contributed by atoms with E-state index in [4.69, 9.17) is 20.9 Å². The minimum absolute atomic E-state index is 0.122. The van der Waals surface area contributed by atoms with Gasteiger partial charge in [-0.25, -0.2) is 8.42 Å². The van der Waals surface area contributed by atoms with E-state index in [0.29, 0.717) is 48.3 Å². The van der Waals surface area contributed by atoms with Crippen LogP contribution < -0.4 is 9.64 Å². The summed E-state index contributed by atoms with van der Waals surface area (Å²) in [6, 6.07) is 12.6. The molecule has 0 aliphatic carbocycles. The average Bonchev–Trinajstić information content (AvgIpc) is 3.11. The number of aryl methyl sites for hydroxylation is 1. The van der Waals surface area contributed by atoms with Crippen molar-refractivity contribution < 1.29 is 17.7 Å². The molecular weight excluding hydrogens is 438 g/mol. The molecule has 9 heteroatoms. The highest BCUT2D eigenvalue weighted by Gasteiger charge is 2.31. The molecule has 0 spiro atoms. The number of halogens is 1. The number of aromatic nitrogens is 1. The van der Waals surface area contributed by atoms with E-state index in [9.17, 15) is 8.42 Å². The van der Waals surface area contributed by atoms with E-state index in [0.717, 1.165) is 16.9 Å². The van der Waals surface area contributed by atoms with Gasteiger partial charge in [0.15, 0.2) is 5.76 Å². The van der Waals surface area contributed by atoms with Crippen molar-refractivity contribution in [2.75, 3.05) is 38.2 Å². The predicted octanol–water partition coefficient (Wildman–Crippen LogP) is 4.13. The third kappa shape index (κ3) is 4.15. The SMILES string of the molecule is COc1ccc(-c2onc(C)c2C)cc1S(=O)(=O)N1CCN(c2cccc(Cl)c2)CC1. The Morgan fingerprint density at radius 3 is 2.42 bits per heavy atom. The van der Waals surface area contributed by atoms with Gasteiger partial charge in [0.1, 0.15) is 10.6 Å². The zero-order chi connectivity index (χ0) is 22.2. The molecule has 0 bridgehead atoms. The highest BCUT2D eigenvalue weighted by atomic mass is 35.5. The van der Waals surface area contributed by atoms with Crippen molar-refractivity contribution in [3.63, 3.8) is 0 Å². The summed E-state index contributed by atoms with van der Waals surface area (Å²) in [6.07, 6.45) is 0. The lowest BCUT2D eigenvalue weighted by Gasteiger charge is -2.35. The number of hydrogen-bond acceptors (Lipinski definition) is 6. The van der Waals surface area contributed by atoms with Gasteiger partial charge in [0, 0.05) is 48.0 Å². The number of piperazine rings is 1. The van der Waals surface area contributed by atoms with Gasteiger partial charge in [0.2, 0.25) is 10.0 Å². The molecule has 4 rings (SSSR count). The van der Waals surface area contributed by atoms with Crippen molar-refractivity contribution in [2.45, 2.75) is 18.7 Å². The van der Waals surface area contributed by atoms with E-state index < -0.39 is 10.0 Å². The van der Waals surface area contributed by atoms with Gasteiger partial charge in [0.25, 0.3) is 0 Å². The zero-order valence-corrected chi connectivity index (χ0v) is 19.2. The minimum Gasteiger partial charge on any atom is -0.495 e. The van der Waals surface area contributed by atoms with E-state index in [2.05, 4.69) is 10.1 Å². The zero-order valence-electron chi connectivity index (χ0n) is 17.6. The van der Waals surface area contributed by atoms with E-state index in [1.165, 1.54) is 11.4 Å². The van der Waals surface area contributed by atoms with Gasteiger partial charge in [-0.3, -0.25) is 0 Å². The summed E-state index contributed by atoms with van der Waals surface area (Å²) in [6.45, 7) is 5.62. The minimum atomic E-state index is -3.76. The van der Waals surface area contributed by atoms with Gasteiger partial charge >= 0.3 is 0 Å². The summed E-state index contributed by atoms with van der Waals surface area (Å²) < 4.78 is 39.3. The van der Waals surface area contributed by atoms with Gasteiger partial charge < -0.3 is 14.2 Å². The molecule has 0 amide bonds. The first kappa shape index (κ1) is 21.7. The first-order chi connectivity index (χ1) is 14.8. The van der Waals surface area contributed by atoms with Crippen molar-refractivity contribution >= 4 is 27.3 Å². The fourth-order valence-electron chi connectivity index (χ4n) is 3.70. The fraction of sp³-hybridized carbons (Fsp3) is 0.318. The second-order valence-electron chi connectivity index (χ2n) is 7.46. The average molecular weight is 462 g/mol. The van der Waals surface area contributed by atoms with Crippen molar-refractivity contribution in [1.82, 2.24) is 9.46 Å². The molecule has 1 saturated heterocycles. The Morgan fingerprint density at radius 2 is 1.81 bits per heavy atom. The van der Waals surface area contributed by atoms with Crippen LogP contribution in [0.15, 0.2) is 51.9 Å². The number of anilines is 1. The summed E-state index contributed by atoms with van der Waals surface area (Å²) >= 11 is 6.10. The smallest absolute Gasteiger partial charge is 0.246 e. The van der Waals surface area contributed by atoms with Crippen molar-refractivity contribution in [3.8, 4) is 17.1 Å². The molecule has 1 fully saturated rings. The van der Waals surface area contributed by atoms with Gasteiger partial charge in [0.05, 0.1) is 12.8 Å². The van der Waals surface area contributed by atoms with Gasteiger partial charge in [-0.1, -0.05) is 22.8 Å². The Kier molecular flexibility index (Phi) is 5.96. The summed E-state index contributed by atoms with van der Waals surface area (Å²) in [5.74, 6) is 0.859. The monoisotopic (exact) mass is 461 g/mol. The standard InChI is InChI=1S/C22H24ClN3O4S/c1-15-16(2)24-30-22(15)17-7-8-20(29-3)21(13-17)31(27,28)26-11-9-25(10-12-26)19-6-4-5-18(23)14-19/h4-8,13-14H,9-12H2,1-3H3.